The molecule has 132 valence electrons. The van der Waals surface area contributed by atoms with Crippen LogP contribution in [0, 0.1) is 0 Å². The van der Waals surface area contributed by atoms with Crippen molar-refractivity contribution in [2.24, 2.45) is 10.1 Å². The standard InChI is InChI=1S/C16H17ClN4O2S2/c1-2-18-16(20-25(22,23)13-6-3-5-12(17)11-13)21-14(8-9-19-21)15-7-4-10-24-15/h3-7,9-11,14H,2,8H2,1H3,(H,18,20). The van der Waals surface area contributed by atoms with E-state index in [4.69, 9.17) is 11.6 Å². The molecule has 0 bridgehead atoms. The second-order valence-electron chi connectivity index (χ2n) is 5.27. The van der Waals surface area contributed by atoms with Crippen LogP contribution >= 0.6 is 22.9 Å². The topological polar surface area (TPSA) is 74.1 Å². The summed E-state index contributed by atoms with van der Waals surface area (Å²) >= 11 is 7.52. The number of nitrogens with one attached hydrogen (secondary N) is 1. The van der Waals surface area contributed by atoms with E-state index in [0.717, 1.165) is 4.88 Å². The Morgan fingerprint density at radius 1 is 1.44 bits per heavy atom. The molecule has 0 aliphatic carbocycles. The van der Waals surface area contributed by atoms with Gasteiger partial charge < -0.3 is 0 Å². The number of benzene rings is 1. The van der Waals surface area contributed by atoms with E-state index < -0.39 is 10.0 Å². The molecule has 1 aromatic heterocycles. The van der Waals surface area contributed by atoms with Gasteiger partial charge in [0.1, 0.15) is 0 Å². The number of hydrogen-bond acceptors (Lipinski definition) is 5. The molecule has 2 aromatic rings. The lowest BCUT2D eigenvalue weighted by Gasteiger charge is -2.24. The van der Waals surface area contributed by atoms with E-state index >= 15 is 0 Å². The monoisotopic (exact) mass is 396 g/mol. The number of sulfonamides is 1. The molecule has 1 aromatic carbocycles. The summed E-state index contributed by atoms with van der Waals surface area (Å²) in [6.45, 7) is 2.27. The Morgan fingerprint density at radius 3 is 2.96 bits per heavy atom. The summed E-state index contributed by atoms with van der Waals surface area (Å²) in [6, 6.07) is 10.0. The molecule has 2 heterocycles. The number of nitrogens with zero attached hydrogens (tertiary/aromatic N) is 3. The van der Waals surface area contributed by atoms with Crippen molar-refractivity contribution in [1.29, 1.82) is 0 Å². The highest BCUT2D eigenvalue weighted by molar-refractivity contribution is 7.90. The van der Waals surface area contributed by atoms with Crippen molar-refractivity contribution in [2.45, 2.75) is 24.3 Å². The normalized spacial score (nSPS) is 17.9. The minimum absolute atomic E-state index is 0.0626. The smallest absolute Gasteiger partial charge is 0.251 e. The second kappa shape index (κ2) is 7.55. The number of rotatable bonds is 4. The SMILES string of the molecule is CCN=C(NS(=O)(=O)c1cccc(Cl)c1)N1N=CCC1c1cccs1. The van der Waals surface area contributed by atoms with Crippen molar-refractivity contribution in [1.82, 2.24) is 9.73 Å². The first-order valence-corrected chi connectivity index (χ1v) is 10.4. The van der Waals surface area contributed by atoms with Gasteiger partial charge in [-0.2, -0.15) is 5.10 Å². The summed E-state index contributed by atoms with van der Waals surface area (Å²) in [4.78, 5) is 5.49. The van der Waals surface area contributed by atoms with Crippen LogP contribution in [0.25, 0.3) is 0 Å². The first-order valence-electron chi connectivity index (χ1n) is 7.69. The van der Waals surface area contributed by atoms with Crippen molar-refractivity contribution in [3.63, 3.8) is 0 Å². The molecule has 0 saturated heterocycles. The van der Waals surface area contributed by atoms with E-state index in [-0.39, 0.29) is 16.9 Å². The number of thiophene rings is 1. The van der Waals surface area contributed by atoms with Crippen LogP contribution in [-0.4, -0.2) is 32.1 Å². The minimum Gasteiger partial charge on any atom is -0.251 e. The van der Waals surface area contributed by atoms with Crippen molar-refractivity contribution < 1.29 is 8.42 Å². The first kappa shape index (κ1) is 17.9. The van der Waals surface area contributed by atoms with Gasteiger partial charge in [0.15, 0.2) is 0 Å². The lowest BCUT2D eigenvalue weighted by atomic mass is 10.2. The number of hydrazone groups is 1. The van der Waals surface area contributed by atoms with E-state index in [1.807, 2.05) is 24.4 Å². The van der Waals surface area contributed by atoms with Crippen LogP contribution in [0.3, 0.4) is 0 Å². The fourth-order valence-corrected chi connectivity index (χ4v) is 4.59. The van der Waals surface area contributed by atoms with Gasteiger partial charge in [-0.1, -0.05) is 23.7 Å². The molecule has 6 nitrogen and oxygen atoms in total. The Morgan fingerprint density at radius 2 is 2.28 bits per heavy atom. The summed E-state index contributed by atoms with van der Waals surface area (Å²) in [7, 11) is -3.81. The third kappa shape index (κ3) is 4.02. The van der Waals surface area contributed by atoms with E-state index in [1.54, 1.807) is 34.7 Å². The third-order valence-corrected chi connectivity index (χ3v) is 6.09. The van der Waals surface area contributed by atoms with Crippen LogP contribution in [0.2, 0.25) is 5.02 Å². The fourth-order valence-electron chi connectivity index (χ4n) is 2.45. The molecule has 0 fully saturated rings. The zero-order chi connectivity index (χ0) is 17.9. The molecule has 3 rings (SSSR count). The van der Waals surface area contributed by atoms with Gasteiger partial charge in [-0.25, -0.2) is 18.1 Å². The fraction of sp³-hybridized carbons (Fsp3) is 0.250. The highest BCUT2D eigenvalue weighted by Gasteiger charge is 2.30. The Labute approximate surface area is 155 Å². The predicted molar refractivity (Wildman–Crippen MR) is 102 cm³/mol. The van der Waals surface area contributed by atoms with Gasteiger partial charge in [0.25, 0.3) is 10.0 Å². The molecule has 1 aliphatic rings. The number of hydrogen-bond donors (Lipinski definition) is 1. The van der Waals surface area contributed by atoms with Crippen LogP contribution in [0.5, 0.6) is 0 Å². The lowest BCUT2D eigenvalue weighted by Crippen LogP contribution is -2.41. The van der Waals surface area contributed by atoms with Gasteiger partial charge in [0.05, 0.1) is 10.9 Å². The summed E-state index contributed by atoms with van der Waals surface area (Å²) in [5.41, 5.74) is 0. The maximum absolute atomic E-state index is 12.7. The van der Waals surface area contributed by atoms with Crippen molar-refractivity contribution in [2.75, 3.05) is 6.54 Å². The van der Waals surface area contributed by atoms with E-state index in [9.17, 15) is 8.42 Å². The van der Waals surface area contributed by atoms with Crippen molar-refractivity contribution >= 4 is 45.1 Å². The van der Waals surface area contributed by atoms with Crippen LogP contribution in [0.4, 0.5) is 0 Å². The molecule has 25 heavy (non-hydrogen) atoms. The average Bonchev–Trinajstić information content (AvgIpc) is 3.25. The summed E-state index contributed by atoms with van der Waals surface area (Å²) < 4.78 is 27.9. The number of guanidine groups is 1. The zero-order valence-corrected chi connectivity index (χ0v) is 15.9. The lowest BCUT2D eigenvalue weighted by molar-refractivity contribution is 0.365. The predicted octanol–water partition coefficient (Wildman–Crippen LogP) is 3.49. The van der Waals surface area contributed by atoms with Crippen LogP contribution in [0.1, 0.15) is 24.3 Å². The molecular formula is C16H17ClN4O2S2. The van der Waals surface area contributed by atoms with Crippen LogP contribution in [-0.2, 0) is 10.0 Å². The molecule has 1 aliphatic heterocycles. The van der Waals surface area contributed by atoms with Gasteiger partial charge in [0, 0.05) is 29.1 Å². The number of halogens is 1. The van der Waals surface area contributed by atoms with Gasteiger partial charge in [-0.15, -0.1) is 11.3 Å². The van der Waals surface area contributed by atoms with Crippen molar-refractivity contribution in [3.8, 4) is 0 Å². The molecule has 9 heteroatoms. The van der Waals surface area contributed by atoms with Crippen LogP contribution in [0.15, 0.2) is 56.8 Å². The van der Waals surface area contributed by atoms with Crippen LogP contribution < -0.4 is 4.72 Å². The second-order valence-corrected chi connectivity index (χ2v) is 8.37. The zero-order valence-electron chi connectivity index (χ0n) is 13.5. The Kier molecular flexibility index (Phi) is 5.41. The molecule has 0 radical (unpaired) electrons. The molecule has 0 saturated carbocycles. The van der Waals surface area contributed by atoms with Gasteiger partial charge in [-0.05, 0) is 36.6 Å². The van der Waals surface area contributed by atoms with Gasteiger partial charge >= 0.3 is 0 Å². The number of aliphatic imine (C=N–C) groups is 1. The molecular weight excluding hydrogens is 380 g/mol. The third-order valence-electron chi connectivity index (χ3n) is 3.56. The minimum atomic E-state index is -3.81. The molecule has 1 unspecified atom stereocenters. The Bertz CT molecular complexity index is 895. The molecule has 1 atom stereocenters. The van der Waals surface area contributed by atoms with E-state index in [2.05, 4.69) is 14.8 Å². The molecule has 0 amide bonds. The summed E-state index contributed by atoms with van der Waals surface area (Å²) in [6.07, 6.45) is 2.46. The Balaban J connectivity index is 1.89. The molecule has 0 spiro atoms. The maximum Gasteiger partial charge on any atom is 0.264 e. The summed E-state index contributed by atoms with van der Waals surface area (Å²) in [5.74, 6) is 0.203. The first-order chi connectivity index (χ1) is 12.0. The summed E-state index contributed by atoms with van der Waals surface area (Å²) in [5, 5.41) is 8.28. The van der Waals surface area contributed by atoms with E-state index in [1.165, 1.54) is 12.1 Å². The van der Waals surface area contributed by atoms with Crippen molar-refractivity contribution in [3.05, 3.63) is 51.7 Å². The van der Waals surface area contributed by atoms with E-state index in [0.29, 0.717) is 18.0 Å². The molecule has 1 N–H and O–H groups in total. The Hall–Kier alpha value is -1.90. The highest BCUT2D eigenvalue weighted by atomic mass is 35.5. The van der Waals surface area contributed by atoms with Gasteiger partial charge in [-0.3, -0.25) is 4.99 Å². The quantitative estimate of drug-likeness (QED) is 0.635. The van der Waals surface area contributed by atoms with Gasteiger partial charge in [0.2, 0.25) is 5.96 Å². The maximum atomic E-state index is 12.7. The highest BCUT2D eigenvalue weighted by Crippen LogP contribution is 2.31. The largest absolute Gasteiger partial charge is 0.264 e. The average molecular weight is 397 g/mol.